The van der Waals surface area contributed by atoms with Crippen LogP contribution < -0.4 is 0 Å². The lowest BCUT2D eigenvalue weighted by Gasteiger charge is -2.21. The van der Waals surface area contributed by atoms with Gasteiger partial charge in [-0.1, -0.05) is 0 Å². The zero-order valence-corrected chi connectivity index (χ0v) is 6.70. The van der Waals surface area contributed by atoms with Crippen molar-refractivity contribution in [3.63, 3.8) is 0 Å². The predicted molar refractivity (Wildman–Crippen MR) is 41.4 cm³/mol. The van der Waals surface area contributed by atoms with E-state index in [-0.39, 0.29) is 0 Å². The molecule has 0 radical (unpaired) electrons. The number of aliphatic hydroxyl groups is 1. The molecule has 0 spiro atoms. The van der Waals surface area contributed by atoms with Gasteiger partial charge in [-0.25, -0.2) is 0 Å². The summed E-state index contributed by atoms with van der Waals surface area (Å²) >= 11 is 0. The Bertz CT molecular complexity index is 136. The van der Waals surface area contributed by atoms with Crippen LogP contribution in [0, 0.1) is 0 Å². The van der Waals surface area contributed by atoms with E-state index in [1.807, 2.05) is 0 Å². The second kappa shape index (κ2) is 3.09. The van der Waals surface area contributed by atoms with E-state index < -0.39 is 0 Å². The summed E-state index contributed by atoms with van der Waals surface area (Å²) in [7, 11) is 0. The van der Waals surface area contributed by atoms with Gasteiger partial charge in [-0.2, -0.15) is 0 Å². The molecule has 2 rings (SSSR count). The van der Waals surface area contributed by atoms with Crippen LogP contribution in [0.1, 0.15) is 12.8 Å². The third kappa shape index (κ3) is 1.72. The Morgan fingerprint density at radius 2 is 2.36 bits per heavy atom. The molecule has 2 aliphatic rings. The lowest BCUT2D eigenvalue weighted by atomic mass is 10.2. The molecule has 2 heterocycles. The summed E-state index contributed by atoms with van der Waals surface area (Å²) in [6.07, 6.45) is 2.86. The number of epoxide rings is 1. The number of hydrogen-bond donors (Lipinski definition) is 1. The Hall–Kier alpha value is -0.120. The summed E-state index contributed by atoms with van der Waals surface area (Å²) in [5.74, 6) is 0. The molecule has 0 bridgehead atoms. The molecule has 2 fully saturated rings. The molecule has 1 unspecified atom stereocenters. The fourth-order valence-corrected chi connectivity index (χ4v) is 1.78. The van der Waals surface area contributed by atoms with Gasteiger partial charge in [0.25, 0.3) is 0 Å². The number of ether oxygens (including phenoxy) is 1. The van der Waals surface area contributed by atoms with Crippen LogP contribution in [0.25, 0.3) is 0 Å². The van der Waals surface area contributed by atoms with Crippen LogP contribution >= 0.6 is 0 Å². The molecular formula is C8H15NO2. The molecular weight excluding hydrogens is 142 g/mol. The fraction of sp³-hybridized carbons (Fsp3) is 1.00. The van der Waals surface area contributed by atoms with Crippen molar-refractivity contribution in [3.8, 4) is 0 Å². The van der Waals surface area contributed by atoms with Crippen molar-refractivity contribution in [2.45, 2.75) is 25.0 Å². The molecule has 2 saturated heterocycles. The zero-order valence-electron chi connectivity index (χ0n) is 6.70. The number of hydrogen-bond acceptors (Lipinski definition) is 3. The van der Waals surface area contributed by atoms with Gasteiger partial charge >= 0.3 is 0 Å². The van der Waals surface area contributed by atoms with E-state index in [0.717, 1.165) is 26.1 Å². The first-order valence-electron chi connectivity index (χ1n) is 4.36. The molecule has 2 aliphatic heterocycles. The Balaban J connectivity index is 1.79. The maximum Gasteiger partial charge on any atom is 0.0936 e. The number of aliphatic hydroxyl groups excluding tert-OH is 1. The van der Waals surface area contributed by atoms with Crippen LogP contribution in [-0.2, 0) is 4.74 Å². The molecule has 0 aliphatic carbocycles. The lowest BCUT2D eigenvalue weighted by Crippen LogP contribution is -2.35. The van der Waals surface area contributed by atoms with E-state index >= 15 is 0 Å². The van der Waals surface area contributed by atoms with Crippen LogP contribution in [-0.4, -0.2) is 48.5 Å². The summed E-state index contributed by atoms with van der Waals surface area (Å²) in [6.45, 7) is 3.41. The van der Waals surface area contributed by atoms with Crippen LogP contribution in [0.15, 0.2) is 0 Å². The SMILES string of the molecule is OCC1CCCN1C[C@H]1CO1. The topological polar surface area (TPSA) is 36.0 Å². The molecule has 0 amide bonds. The van der Waals surface area contributed by atoms with Gasteiger partial charge < -0.3 is 9.84 Å². The first kappa shape index (κ1) is 7.53. The first-order chi connectivity index (χ1) is 5.40. The van der Waals surface area contributed by atoms with Crippen molar-refractivity contribution in [2.24, 2.45) is 0 Å². The van der Waals surface area contributed by atoms with Crippen molar-refractivity contribution < 1.29 is 9.84 Å². The van der Waals surface area contributed by atoms with Gasteiger partial charge in [-0.15, -0.1) is 0 Å². The fourth-order valence-electron chi connectivity index (χ4n) is 1.78. The molecule has 3 nitrogen and oxygen atoms in total. The quantitative estimate of drug-likeness (QED) is 0.578. The Morgan fingerprint density at radius 1 is 1.55 bits per heavy atom. The van der Waals surface area contributed by atoms with E-state index in [9.17, 15) is 0 Å². The Morgan fingerprint density at radius 3 is 3.00 bits per heavy atom. The Kier molecular flexibility index (Phi) is 2.11. The largest absolute Gasteiger partial charge is 0.395 e. The molecule has 0 saturated carbocycles. The summed E-state index contributed by atoms with van der Waals surface area (Å²) in [5.41, 5.74) is 0. The van der Waals surface area contributed by atoms with Gasteiger partial charge in [0.15, 0.2) is 0 Å². The third-order valence-corrected chi connectivity index (χ3v) is 2.55. The van der Waals surface area contributed by atoms with Crippen LogP contribution in [0.4, 0.5) is 0 Å². The molecule has 11 heavy (non-hydrogen) atoms. The number of rotatable bonds is 3. The highest BCUT2D eigenvalue weighted by atomic mass is 16.6. The second-order valence-corrected chi connectivity index (χ2v) is 3.43. The number of likely N-dealkylation sites (tertiary alicyclic amines) is 1. The molecule has 64 valence electrons. The summed E-state index contributed by atoms with van der Waals surface area (Å²) in [4.78, 5) is 2.34. The minimum atomic E-state index is 0.312. The van der Waals surface area contributed by atoms with E-state index in [4.69, 9.17) is 9.84 Å². The van der Waals surface area contributed by atoms with Gasteiger partial charge in [0, 0.05) is 12.6 Å². The third-order valence-electron chi connectivity index (χ3n) is 2.55. The van der Waals surface area contributed by atoms with E-state index in [2.05, 4.69) is 4.90 Å². The monoisotopic (exact) mass is 157 g/mol. The standard InChI is InChI=1S/C8H15NO2/c10-5-7-2-1-3-9(7)4-8-6-11-8/h7-8,10H,1-6H2/t7?,8-/m0/s1. The smallest absolute Gasteiger partial charge is 0.0936 e. The van der Waals surface area contributed by atoms with Crippen molar-refractivity contribution in [1.82, 2.24) is 4.90 Å². The van der Waals surface area contributed by atoms with Crippen LogP contribution in [0.5, 0.6) is 0 Å². The maximum absolute atomic E-state index is 8.99. The molecule has 0 aromatic carbocycles. The van der Waals surface area contributed by atoms with E-state index in [1.165, 1.54) is 6.42 Å². The summed E-state index contributed by atoms with van der Waals surface area (Å²) in [6, 6.07) is 0.416. The van der Waals surface area contributed by atoms with Crippen molar-refractivity contribution in [3.05, 3.63) is 0 Å². The summed E-state index contributed by atoms with van der Waals surface area (Å²) in [5, 5.41) is 8.99. The highest BCUT2D eigenvalue weighted by molar-refractivity contribution is 4.83. The van der Waals surface area contributed by atoms with Gasteiger partial charge in [0.2, 0.25) is 0 Å². The van der Waals surface area contributed by atoms with Crippen molar-refractivity contribution in [2.75, 3.05) is 26.3 Å². The average molecular weight is 157 g/mol. The molecule has 0 aromatic heterocycles. The van der Waals surface area contributed by atoms with Crippen LogP contribution in [0.2, 0.25) is 0 Å². The number of nitrogens with zero attached hydrogens (tertiary/aromatic N) is 1. The van der Waals surface area contributed by atoms with Crippen molar-refractivity contribution in [1.29, 1.82) is 0 Å². The highest BCUT2D eigenvalue weighted by Gasteiger charge is 2.31. The molecule has 2 atom stereocenters. The van der Waals surface area contributed by atoms with Gasteiger partial charge in [-0.3, -0.25) is 4.90 Å². The van der Waals surface area contributed by atoms with E-state index in [0.29, 0.717) is 18.8 Å². The second-order valence-electron chi connectivity index (χ2n) is 3.43. The Labute approximate surface area is 66.9 Å². The average Bonchev–Trinajstić information content (AvgIpc) is 2.68. The maximum atomic E-state index is 8.99. The lowest BCUT2D eigenvalue weighted by molar-refractivity contribution is 0.150. The van der Waals surface area contributed by atoms with Crippen molar-refractivity contribution >= 4 is 0 Å². The summed E-state index contributed by atoms with van der Waals surface area (Å²) < 4.78 is 5.14. The zero-order chi connectivity index (χ0) is 7.68. The van der Waals surface area contributed by atoms with Gasteiger partial charge in [0.1, 0.15) is 0 Å². The normalized spacial score (nSPS) is 37.9. The van der Waals surface area contributed by atoms with Gasteiger partial charge in [0.05, 0.1) is 19.3 Å². The van der Waals surface area contributed by atoms with Crippen LogP contribution in [0.3, 0.4) is 0 Å². The first-order valence-corrected chi connectivity index (χ1v) is 4.36. The molecule has 1 N–H and O–H groups in total. The minimum Gasteiger partial charge on any atom is -0.395 e. The molecule has 3 heteroatoms. The van der Waals surface area contributed by atoms with E-state index in [1.54, 1.807) is 0 Å². The highest BCUT2D eigenvalue weighted by Crippen LogP contribution is 2.20. The molecule has 0 aromatic rings. The predicted octanol–water partition coefficient (Wildman–Crippen LogP) is -0.158. The minimum absolute atomic E-state index is 0.312. The van der Waals surface area contributed by atoms with Gasteiger partial charge in [-0.05, 0) is 19.4 Å².